The van der Waals surface area contributed by atoms with E-state index in [1.807, 2.05) is 0 Å². The van der Waals surface area contributed by atoms with E-state index in [2.05, 4.69) is 61.5 Å². The van der Waals surface area contributed by atoms with Gasteiger partial charge in [0.2, 0.25) is 0 Å². The molecule has 0 aliphatic carbocycles. The van der Waals surface area contributed by atoms with Gasteiger partial charge in [-0.15, -0.1) is 0 Å². The summed E-state index contributed by atoms with van der Waals surface area (Å²) in [6.45, 7) is 12.7. The van der Waals surface area contributed by atoms with Crippen molar-refractivity contribution in [1.82, 2.24) is 9.88 Å². The molecule has 2 nitrogen and oxygen atoms in total. The van der Waals surface area contributed by atoms with Crippen LogP contribution < -0.4 is 0 Å². The van der Waals surface area contributed by atoms with Gasteiger partial charge in [-0.3, -0.25) is 0 Å². The maximum atomic E-state index is 4.22. The molecule has 0 aliphatic rings. The zero-order valence-corrected chi connectivity index (χ0v) is 10.9. The molecule has 2 aromatic rings. The van der Waals surface area contributed by atoms with Crippen LogP contribution in [0.25, 0.3) is 16.6 Å². The number of fused-ring (bicyclic) bond motifs is 1. The van der Waals surface area contributed by atoms with Crippen molar-refractivity contribution in [3.8, 4) is 0 Å². The van der Waals surface area contributed by atoms with Crippen molar-refractivity contribution in [1.29, 1.82) is 0 Å². The van der Waals surface area contributed by atoms with Crippen LogP contribution in [0.2, 0.25) is 0 Å². The molecule has 0 amide bonds. The Kier molecular flexibility index (Phi) is 3.23. The van der Waals surface area contributed by atoms with Crippen molar-refractivity contribution in [3.05, 3.63) is 42.1 Å². The Hall–Kier alpha value is -1.70. The number of aromatic nitrogens is 1. The molecule has 2 heteroatoms. The van der Waals surface area contributed by atoms with Crippen LogP contribution in [0.15, 0.2) is 30.8 Å². The Bertz CT molecular complexity index is 533. The molecule has 2 rings (SSSR count). The average Bonchev–Trinajstić information content (AvgIpc) is 2.69. The summed E-state index contributed by atoms with van der Waals surface area (Å²) in [7, 11) is 0. The normalized spacial score (nSPS) is 10.8. The van der Waals surface area contributed by atoms with Gasteiger partial charge in [-0.05, 0) is 32.4 Å². The second kappa shape index (κ2) is 4.66. The Morgan fingerprint density at radius 2 is 1.88 bits per heavy atom. The molecule has 0 bridgehead atoms. The summed E-state index contributed by atoms with van der Waals surface area (Å²) in [6, 6.07) is 8.40. The summed E-state index contributed by atoms with van der Waals surface area (Å²) in [5, 5.41) is 1.29. The molecule has 1 heterocycles. The number of aryl methyl sites for hydroxylation is 1. The van der Waals surface area contributed by atoms with E-state index < -0.39 is 0 Å². The summed E-state index contributed by atoms with van der Waals surface area (Å²) in [4.78, 5) is 5.75. The van der Waals surface area contributed by atoms with Gasteiger partial charge in [-0.2, -0.15) is 0 Å². The monoisotopic (exact) mass is 228 g/mol. The molecule has 0 spiro atoms. The lowest BCUT2D eigenvalue weighted by molar-refractivity contribution is 0.441. The van der Waals surface area contributed by atoms with E-state index >= 15 is 0 Å². The Labute approximate surface area is 103 Å². The second-order valence-electron chi connectivity index (χ2n) is 4.29. The number of benzene rings is 1. The van der Waals surface area contributed by atoms with Crippen LogP contribution in [0.1, 0.15) is 25.1 Å². The van der Waals surface area contributed by atoms with Crippen LogP contribution in [0.4, 0.5) is 0 Å². The van der Waals surface area contributed by atoms with Gasteiger partial charge < -0.3 is 9.88 Å². The first-order chi connectivity index (χ1) is 8.19. The molecule has 0 atom stereocenters. The van der Waals surface area contributed by atoms with E-state index in [4.69, 9.17) is 0 Å². The number of hydrogen-bond donors (Lipinski definition) is 1. The lowest BCUT2D eigenvalue weighted by Gasteiger charge is -2.23. The van der Waals surface area contributed by atoms with E-state index in [0.717, 1.165) is 24.5 Å². The highest BCUT2D eigenvalue weighted by atomic mass is 15.1. The van der Waals surface area contributed by atoms with Gasteiger partial charge in [0.1, 0.15) is 0 Å². The third kappa shape index (κ3) is 1.95. The number of para-hydroxylation sites is 1. The molecular formula is C15H20N2. The topological polar surface area (TPSA) is 19.0 Å². The number of aromatic amines is 1. The fraction of sp³-hybridized carbons (Fsp3) is 0.333. The molecule has 0 radical (unpaired) electrons. The van der Waals surface area contributed by atoms with Gasteiger partial charge in [0.15, 0.2) is 0 Å². The molecule has 17 heavy (non-hydrogen) atoms. The molecule has 0 saturated heterocycles. The molecule has 0 unspecified atom stereocenters. The number of nitrogens with zero attached hydrogens (tertiary/aromatic N) is 1. The summed E-state index contributed by atoms with van der Waals surface area (Å²) in [6.07, 6.45) is 0. The van der Waals surface area contributed by atoms with Crippen LogP contribution in [0.5, 0.6) is 0 Å². The molecule has 1 N–H and O–H groups in total. The molecular weight excluding hydrogens is 208 g/mol. The van der Waals surface area contributed by atoms with E-state index in [0.29, 0.717) is 0 Å². The largest absolute Gasteiger partial charge is 0.371 e. The minimum Gasteiger partial charge on any atom is -0.371 e. The van der Waals surface area contributed by atoms with E-state index in [1.54, 1.807) is 0 Å². The lowest BCUT2D eigenvalue weighted by atomic mass is 10.1. The molecule has 0 aliphatic heterocycles. The van der Waals surface area contributed by atoms with Crippen LogP contribution >= 0.6 is 0 Å². The van der Waals surface area contributed by atoms with Crippen molar-refractivity contribution in [2.45, 2.75) is 20.8 Å². The van der Waals surface area contributed by atoms with Gasteiger partial charge in [-0.1, -0.05) is 24.8 Å². The van der Waals surface area contributed by atoms with Crippen molar-refractivity contribution < 1.29 is 0 Å². The highest BCUT2D eigenvalue weighted by molar-refractivity contribution is 5.88. The predicted molar refractivity (Wildman–Crippen MR) is 75.0 cm³/mol. The summed E-state index contributed by atoms with van der Waals surface area (Å²) >= 11 is 0. The predicted octanol–water partition coefficient (Wildman–Crippen LogP) is 3.79. The third-order valence-corrected chi connectivity index (χ3v) is 3.40. The summed E-state index contributed by atoms with van der Waals surface area (Å²) in [5.41, 5.74) is 4.73. The third-order valence-electron chi connectivity index (χ3n) is 3.40. The van der Waals surface area contributed by atoms with Gasteiger partial charge in [0.05, 0.1) is 11.4 Å². The molecule has 1 aromatic carbocycles. The maximum absolute atomic E-state index is 4.22. The van der Waals surface area contributed by atoms with Gasteiger partial charge in [0, 0.05) is 24.0 Å². The SMILES string of the molecule is C=C(c1[nH]c2ccccc2c1C)N(CC)CC. The average molecular weight is 228 g/mol. The number of H-pyrrole nitrogens is 1. The first kappa shape index (κ1) is 11.8. The second-order valence-corrected chi connectivity index (χ2v) is 4.29. The van der Waals surface area contributed by atoms with Crippen molar-refractivity contribution in [2.24, 2.45) is 0 Å². The number of hydrogen-bond acceptors (Lipinski definition) is 1. The molecule has 90 valence electrons. The maximum Gasteiger partial charge on any atom is 0.0652 e. The standard InChI is InChI=1S/C15H20N2/c1-5-17(6-2)12(4)15-11(3)13-9-7-8-10-14(13)16-15/h7-10,16H,4-6H2,1-3H3. The van der Waals surface area contributed by atoms with E-state index in [1.165, 1.54) is 16.5 Å². The van der Waals surface area contributed by atoms with Crippen LogP contribution in [0, 0.1) is 6.92 Å². The minimum atomic E-state index is 0.990. The zero-order valence-electron chi connectivity index (χ0n) is 10.9. The Balaban J connectivity index is 2.49. The van der Waals surface area contributed by atoms with Crippen molar-refractivity contribution >= 4 is 16.6 Å². The highest BCUT2D eigenvalue weighted by Crippen LogP contribution is 2.27. The Morgan fingerprint density at radius 3 is 2.47 bits per heavy atom. The fourth-order valence-corrected chi connectivity index (χ4v) is 2.33. The van der Waals surface area contributed by atoms with Gasteiger partial charge in [0.25, 0.3) is 0 Å². The van der Waals surface area contributed by atoms with E-state index in [9.17, 15) is 0 Å². The summed E-state index contributed by atoms with van der Waals surface area (Å²) in [5.74, 6) is 0. The smallest absolute Gasteiger partial charge is 0.0652 e. The quantitative estimate of drug-likeness (QED) is 0.843. The lowest BCUT2D eigenvalue weighted by Crippen LogP contribution is -2.21. The van der Waals surface area contributed by atoms with Crippen molar-refractivity contribution in [3.63, 3.8) is 0 Å². The Morgan fingerprint density at radius 1 is 1.24 bits per heavy atom. The van der Waals surface area contributed by atoms with Gasteiger partial charge >= 0.3 is 0 Å². The zero-order chi connectivity index (χ0) is 12.4. The summed E-state index contributed by atoms with van der Waals surface area (Å²) < 4.78 is 0. The van der Waals surface area contributed by atoms with Crippen LogP contribution in [-0.2, 0) is 0 Å². The highest BCUT2D eigenvalue weighted by Gasteiger charge is 2.13. The molecule has 0 fully saturated rings. The van der Waals surface area contributed by atoms with Crippen LogP contribution in [0.3, 0.4) is 0 Å². The molecule has 1 aromatic heterocycles. The van der Waals surface area contributed by atoms with E-state index in [-0.39, 0.29) is 0 Å². The number of rotatable bonds is 4. The first-order valence-corrected chi connectivity index (χ1v) is 6.20. The van der Waals surface area contributed by atoms with Gasteiger partial charge in [-0.25, -0.2) is 0 Å². The first-order valence-electron chi connectivity index (χ1n) is 6.20. The van der Waals surface area contributed by atoms with Crippen LogP contribution in [-0.4, -0.2) is 23.0 Å². The fourth-order valence-electron chi connectivity index (χ4n) is 2.33. The molecule has 0 saturated carbocycles. The number of nitrogens with one attached hydrogen (secondary N) is 1. The van der Waals surface area contributed by atoms with Crippen molar-refractivity contribution in [2.75, 3.05) is 13.1 Å². The minimum absolute atomic E-state index is 0.990.